The van der Waals surface area contributed by atoms with E-state index in [4.69, 9.17) is 16.1 Å². The summed E-state index contributed by atoms with van der Waals surface area (Å²) in [6, 6.07) is 7.30. The first kappa shape index (κ1) is 16.9. The second-order valence-electron chi connectivity index (χ2n) is 6.02. The molecule has 0 aliphatic carbocycles. The Hall–Kier alpha value is -1.92. The summed E-state index contributed by atoms with van der Waals surface area (Å²) in [5.74, 6) is 1.72. The average Bonchev–Trinajstić information content (AvgIpc) is 3.25. The van der Waals surface area contributed by atoms with Crippen molar-refractivity contribution < 1.29 is 9.32 Å². The van der Waals surface area contributed by atoms with Crippen LogP contribution in [0.3, 0.4) is 0 Å². The molecule has 0 bridgehead atoms. The highest BCUT2D eigenvalue weighted by atomic mass is 35.5. The zero-order valence-electron chi connectivity index (χ0n) is 13.4. The van der Waals surface area contributed by atoms with Crippen LogP contribution in [0.5, 0.6) is 0 Å². The van der Waals surface area contributed by atoms with Crippen molar-refractivity contribution >= 4 is 17.5 Å². The third-order valence-corrected chi connectivity index (χ3v) is 4.39. The maximum Gasteiger partial charge on any atom is 0.228 e. The van der Waals surface area contributed by atoms with Crippen LogP contribution in [-0.4, -0.2) is 35.7 Å². The Morgan fingerprint density at radius 3 is 3.17 bits per heavy atom. The molecule has 1 aromatic heterocycles. The molecule has 2 heterocycles. The molecular weight excluding hydrogens is 328 g/mol. The SMILES string of the molecule is O=C(CCC1CCNC1)NCCc1nc(-c2cccc(Cl)c2)no1. The fraction of sp³-hybridized carbons (Fsp3) is 0.471. The molecular formula is C17H21ClN4O2. The smallest absolute Gasteiger partial charge is 0.228 e. The van der Waals surface area contributed by atoms with Crippen LogP contribution in [0.15, 0.2) is 28.8 Å². The van der Waals surface area contributed by atoms with Gasteiger partial charge in [0.2, 0.25) is 17.6 Å². The summed E-state index contributed by atoms with van der Waals surface area (Å²) >= 11 is 5.96. The van der Waals surface area contributed by atoms with E-state index in [9.17, 15) is 4.79 Å². The highest BCUT2D eigenvalue weighted by molar-refractivity contribution is 6.30. The molecule has 1 fully saturated rings. The van der Waals surface area contributed by atoms with E-state index in [1.165, 1.54) is 6.42 Å². The van der Waals surface area contributed by atoms with Crippen molar-refractivity contribution in [1.29, 1.82) is 0 Å². The Morgan fingerprint density at radius 2 is 2.38 bits per heavy atom. The number of carbonyl (C=O) groups is 1. The van der Waals surface area contributed by atoms with Crippen molar-refractivity contribution in [3.63, 3.8) is 0 Å². The molecule has 128 valence electrons. The number of hydrogen-bond acceptors (Lipinski definition) is 5. The summed E-state index contributed by atoms with van der Waals surface area (Å²) in [5.41, 5.74) is 0.812. The van der Waals surface area contributed by atoms with Gasteiger partial charge in [-0.15, -0.1) is 0 Å². The maximum absolute atomic E-state index is 11.8. The summed E-state index contributed by atoms with van der Waals surface area (Å²) in [7, 11) is 0. The van der Waals surface area contributed by atoms with Gasteiger partial charge < -0.3 is 15.2 Å². The van der Waals surface area contributed by atoms with Crippen molar-refractivity contribution in [2.45, 2.75) is 25.7 Å². The van der Waals surface area contributed by atoms with Gasteiger partial charge in [0, 0.05) is 30.0 Å². The number of amides is 1. The molecule has 1 unspecified atom stereocenters. The molecule has 1 amide bonds. The van der Waals surface area contributed by atoms with Gasteiger partial charge in [-0.2, -0.15) is 4.98 Å². The van der Waals surface area contributed by atoms with E-state index in [2.05, 4.69) is 20.8 Å². The van der Waals surface area contributed by atoms with E-state index in [0.29, 0.717) is 42.0 Å². The minimum Gasteiger partial charge on any atom is -0.356 e. The fourth-order valence-corrected chi connectivity index (χ4v) is 2.98. The number of nitrogens with zero attached hydrogens (tertiary/aromatic N) is 2. The van der Waals surface area contributed by atoms with Gasteiger partial charge in [0.15, 0.2) is 0 Å². The largest absolute Gasteiger partial charge is 0.356 e. The zero-order chi connectivity index (χ0) is 16.8. The molecule has 0 radical (unpaired) electrons. The van der Waals surface area contributed by atoms with Crippen LogP contribution in [0.25, 0.3) is 11.4 Å². The summed E-state index contributed by atoms with van der Waals surface area (Å²) in [5, 5.41) is 10.8. The van der Waals surface area contributed by atoms with E-state index in [1.807, 2.05) is 12.1 Å². The van der Waals surface area contributed by atoms with Gasteiger partial charge in [-0.3, -0.25) is 4.79 Å². The highest BCUT2D eigenvalue weighted by Gasteiger charge is 2.15. The zero-order valence-corrected chi connectivity index (χ0v) is 14.2. The Kier molecular flexibility index (Phi) is 5.82. The lowest BCUT2D eigenvalue weighted by atomic mass is 10.0. The van der Waals surface area contributed by atoms with Crippen molar-refractivity contribution in [1.82, 2.24) is 20.8 Å². The molecule has 1 aliphatic rings. The van der Waals surface area contributed by atoms with Crippen LogP contribution in [-0.2, 0) is 11.2 Å². The van der Waals surface area contributed by atoms with E-state index in [-0.39, 0.29) is 5.91 Å². The van der Waals surface area contributed by atoms with Crippen LogP contribution in [0.4, 0.5) is 0 Å². The molecule has 24 heavy (non-hydrogen) atoms. The molecule has 3 rings (SSSR count). The first-order valence-corrected chi connectivity index (χ1v) is 8.64. The third-order valence-electron chi connectivity index (χ3n) is 4.15. The normalized spacial score (nSPS) is 17.1. The van der Waals surface area contributed by atoms with Crippen molar-refractivity contribution in [3.05, 3.63) is 35.2 Å². The Labute approximate surface area is 146 Å². The van der Waals surface area contributed by atoms with E-state index in [0.717, 1.165) is 25.1 Å². The number of carbonyl (C=O) groups excluding carboxylic acids is 1. The van der Waals surface area contributed by atoms with E-state index >= 15 is 0 Å². The molecule has 0 spiro atoms. The molecule has 1 aromatic carbocycles. The van der Waals surface area contributed by atoms with Crippen LogP contribution >= 0.6 is 11.6 Å². The number of rotatable bonds is 7. The molecule has 6 nitrogen and oxygen atoms in total. The summed E-state index contributed by atoms with van der Waals surface area (Å²) in [6.07, 6.45) is 3.20. The van der Waals surface area contributed by atoms with Gasteiger partial charge in [0.1, 0.15) is 0 Å². The number of aromatic nitrogens is 2. The molecule has 7 heteroatoms. The number of halogens is 1. The quantitative estimate of drug-likeness (QED) is 0.803. The van der Waals surface area contributed by atoms with Crippen LogP contribution in [0, 0.1) is 5.92 Å². The predicted octanol–water partition coefficient (Wildman–Crippen LogP) is 2.44. The Bertz CT molecular complexity index is 683. The monoisotopic (exact) mass is 348 g/mol. The van der Waals surface area contributed by atoms with E-state index < -0.39 is 0 Å². The Balaban J connectivity index is 1.41. The van der Waals surface area contributed by atoms with Gasteiger partial charge in [-0.1, -0.05) is 28.9 Å². The fourth-order valence-electron chi connectivity index (χ4n) is 2.79. The summed E-state index contributed by atoms with van der Waals surface area (Å²) in [4.78, 5) is 16.2. The highest BCUT2D eigenvalue weighted by Crippen LogP contribution is 2.20. The van der Waals surface area contributed by atoms with E-state index in [1.54, 1.807) is 12.1 Å². The maximum atomic E-state index is 11.8. The van der Waals surface area contributed by atoms with Gasteiger partial charge in [-0.25, -0.2) is 0 Å². The molecule has 0 saturated carbocycles. The first-order chi connectivity index (χ1) is 11.7. The lowest BCUT2D eigenvalue weighted by Crippen LogP contribution is -2.26. The second kappa shape index (κ2) is 8.26. The number of nitrogens with one attached hydrogen (secondary N) is 2. The topological polar surface area (TPSA) is 80.0 Å². The molecule has 2 N–H and O–H groups in total. The first-order valence-electron chi connectivity index (χ1n) is 8.26. The molecule has 1 atom stereocenters. The van der Waals surface area contributed by atoms with Crippen LogP contribution < -0.4 is 10.6 Å². The van der Waals surface area contributed by atoms with Gasteiger partial charge in [-0.05, 0) is 44.0 Å². The second-order valence-corrected chi connectivity index (χ2v) is 6.46. The van der Waals surface area contributed by atoms with Gasteiger partial charge in [0.05, 0.1) is 0 Å². The van der Waals surface area contributed by atoms with Gasteiger partial charge in [0.25, 0.3) is 0 Å². The summed E-state index contributed by atoms with van der Waals surface area (Å²) < 4.78 is 5.22. The number of hydrogen-bond donors (Lipinski definition) is 2. The van der Waals surface area contributed by atoms with Crippen LogP contribution in [0.1, 0.15) is 25.2 Å². The van der Waals surface area contributed by atoms with Crippen molar-refractivity contribution in [2.75, 3.05) is 19.6 Å². The van der Waals surface area contributed by atoms with Gasteiger partial charge >= 0.3 is 0 Å². The Morgan fingerprint density at radius 1 is 1.46 bits per heavy atom. The minimum atomic E-state index is 0.0801. The minimum absolute atomic E-state index is 0.0801. The lowest BCUT2D eigenvalue weighted by molar-refractivity contribution is -0.121. The van der Waals surface area contributed by atoms with Crippen molar-refractivity contribution in [2.24, 2.45) is 5.92 Å². The molecule has 1 saturated heterocycles. The predicted molar refractivity (Wildman–Crippen MR) is 91.7 cm³/mol. The lowest BCUT2D eigenvalue weighted by Gasteiger charge is -2.07. The molecule has 1 aliphatic heterocycles. The average molecular weight is 349 g/mol. The standard InChI is InChI=1S/C17H21ClN4O2/c18-14-3-1-2-13(10-14)17-21-16(24-22-17)7-9-20-15(23)5-4-12-6-8-19-11-12/h1-3,10,12,19H,4-9,11H2,(H,20,23). The number of benzene rings is 1. The van der Waals surface area contributed by atoms with Crippen molar-refractivity contribution in [3.8, 4) is 11.4 Å². The summed E-state index contributed by atoms with van der Waals surface area (Å²) in [6.45, 7) is 2.60. The molecule has 2 aromatic rings. The van der Waals surface area contributed by atoms with Crippen LogP contribution in [0.2, 0.25) is 5.02 Å². The third kappa shape index (κ3) is 4.79.